The van der Waals surface area contributed by atoms with E-state index >= 15 is 0 Å². The van der Waals surface area contributed by atoms with Gasteiger partial charge >= 0.3 is 0 Å². The van der Waals surface area contributed by atoms with E-state index < -0.39 is 10.0 Å². The number of rotatable bonds is 6. The Morgan fingerprint density at radius 3 is 2.85 bits per heavy atom. The molecule has 0 aliphatic heterocycles. The molecule has 6 nitrogen and oxygen atoms in total. The number of nitrogens with zero attached hydrogens (tertiary/aromatic N) is 3. The summed E-state index contributed by atoms with van der Waals surface area (Å²) in [7, 11) is -3.42. The Balaban J connectivity index is 1.81. The number of thiophene rings is 1. The highest BCUT2D eigenvalue weighted by molar-refractivity contribution is 8.00. The predicted molar refractivity (Wildman–Crippen MR) is 80.3 cm³/mol. The van der Waals surface area contributed by atoms with E-state index in [2.05, 4.69) is 14.8 Å². The summed E-state index contributed by atoms with van der Waals surface area (Å²) in [6.45, 7) is 0. The molecule has 1 saturated carbocycles. The van der Waals surface area contributed by atoms with Gasteiger partial charge in [0, 0.05) is 11.8 Å². The summed E-state index contributed by atoms with van der Waals surface area (Å²) >= 11 is 3.02. The second-order valence-electron chi connectivity index (χ2n) is 4.60. The summed E-state index contributed by atoms with van der Waals surface area (Å²) in [6.07, 6.45) is 2.25. The molecule has 1 aliphatic carbocycles. The molecule has 108 valence electrons. The van der Waals surface area contributed by atoms with Crippen LogP contribution < -0.4 is 5.14 Å². The third-order valence-electron chi connectivity index (χ3n) is 2.92. The fraction of sp³-hybridized carbons (Fsp3) is 0.455. The molecule has 20 heavy (non-hydrogen) atoms. The Bertz CT molecular complexity index is 689. The van der Waals surface area contributed by atoms with Crippen LogP contribution in [0.1, 0.15) is 18.9 Å². The molecule has 0 saturated heterocycles. The number of aromatic nitrogens is 3. The number of sulfonamides is 1. The van der Waals surface area contributed by atoms with Crippen LogP contribution in [0.4, 0.5) is 0 Å². The standard InChI is InChI=1S/C11H14N4O2S3/c12-20(16,17)7-6-19-11-14-13-10(9-2-1-5-18-9)15(11)8-3-4-8/h1-2,5,8H,3-4,6-7H2,(H2,12,16,17). The van der Waals surface area contributed by atoms with Gasteiger partial charge in [-0.05, 0) is 24.3 Å². The Morgan fingerprint density at radius 2 is 2.25 bits per heavy atom. The van der Waals surface area contributed by atoms with Gasteiger partial charge in [0.1, 0.15) is 0 Å². The Kier molecular flexibility index (Phi) is 3.85. The lowest BCUT2D eigenvalue weighted by Gasteiger charge is -2.07. The number of hydrogen-bond donors (Lipinski definition) is 1. The van der Waals surface area contributed by atoms with Crippen molar-refractivity contribution in [2.45, 2.75) is 24.0 Å². The molecule has 0 radical (unpaired) electrons. The predicted octanol–water partition coefficient (Wildman–Crippen LogP) is 1.72. The van der Waals surface area contributed by atoms with E-state index in [4.69, 9.17) is 5.14 Å². The van der Waals surface area contributed by atoms with Crippen molar-refractivity contribution < 1.29 is 8.42 Å². The van der Waals surface area contributed by atoms with Gasteiger partial charge < -0.3 is 0 Å². The van der Waals surface area contributed by atoms with Crippen LogP contribution in [0, 0.1) is 0 Å². The first-order valence-electron chi connectivity index (χ1n) is 6.16. The molecular formula is C11H14N4O2S3. The van der Waals surface area contributed by atoms with E-state index in [1.807, 2.05) is 17.5 Å². The van der Waals surface area contributed by atoms with Crippen molar-refractivity contribution in [2.24, 2.45) is 5.14 Å². The topological polar surface area (TPSA) is 90.9 Å². The smallest absolute Gasteiger partial charge is 0.209 e. The minimum atomic E-state index is -3.42. The van der Waals surface area contributed by atoms with Crippen molar-refractivity contribution in [1.29, 1.82) is 0 Å². The summed E-state index contributed by atoms with van der Waals surface area (Å²) in [4.78, 5) is 1.09. The maximum Gasteiger partial charge on any atom is 0.209 e. The monoisotopic (exact) mass is 330 g/mol. The summed E-state index contributed by atoms with van der Waals surface area (Å²) < 4.78 is 24.1. The average molecular weight is 330 g/mol. The molecule has 2 N–H and O–H groups in total. The SMILES string of the molecule is NS(=O)(=O)CCSc1nnc(-c2cccs2)n1C1CC1. The molecule has 1 aliphatic rings. The van der Waals surface area contributed by atoms with E-state index in [1.165, 1.54) is 11.8 Å². The molecule has 0 spiro atoms. The molecule has 0 amide bonds. The van der Waals surface area contributed by atoms with Gasteiger partial charge in [-0.2, -0.15) is 0 Å². The molecule has 2 heterocycles. The van der Waals surface area contributed by atoms with Crippen molar-refractivity contribution >= 4 is 33.1 Å². The lowest BCUT2D eigenvalue weighted by molar-refractivity contribution is 0.599. The van der Waals surface area contributed by atoms with Crippen LogP contribution in [0.2, 0.25) is 0 Å². The van der Waals surface area contributed by atoms with Crippen LogP contribution in [-0.2, 0) is 10.0 Å². The van der Waals surface area contributed by atoms with Crippen molar-refractivity contribution in [3.05, 3.63) is 17.5 Å². The summed E-state index contributed by atoms with van der Waals surface area (Å²) in [5, 5.41) is 16.3. The summed E-state index contributed by atoms with van der Waals surface area (Å²) in [5.74, 6) is 1.22. The number of thioether (sulfide) groups is 1. The van der Waals surface area contributed by atoms with Gasteiger partial charge in [0.2, 0.25) is 10.0 Å². The first-order chi connectivity index (χ1) is 9.54. The van der Waals surface area contributed by atoms with E-state index in [-0.39, 0.29) is 5.75 Å². The molecule has 0 aromatic carbocycles. The third kappa shape index (κ3) is 3.22. The van der Waals surface area contributed by atoms with Gasteiger partial charge in [-0.1, -0.05) is 17.8 Å². The fourth-order valence-corrected chi connectivity index (χ4v) is 4.48. The zero-order chi connectivity index (χ0) is 14.2. The highest BCUT2D eigenvalue weighted by Crippen LogP contribution is 2.41. The molecule has 1 fully saturated rings. The molecule has 0 unspecified atom stereocenters. The van der Waals surface area contributed by atoms with Crippen LogP contribution in [-0.4, -0.2) is 34.7 Å². The zero-order valence-corrected chi connectivity index (χ0v) is 13.0. The molecule has 2 aromatic heterocycles. The third-order valence-corrected chi connectivity index (χ3v) is 5.76. The Hall–Kier alpha value is -0.900. The van der Waals surface area contributed by atoms with Crippen LogP contribution >= 0.6 is 23.1 Å². The molecule has 0 atom stereocenters. The zero-order valence-electron chi connectivity index (χ0n) is 10.6. The number of primary sulfonamides is 1. The lowest BCUT2D eigenvalue weighted by Crippen LogP contribution is -2.18. The van der Waals surface area contributed by atoms with Gasteiger partial charge in [0.25, 0.3) is 0 Å². The molecule has 9 heteroatoms. The second kappa shape index (κ2) is 5.47. The molecular weight excluding hydrogens is 316 g/mol. The highest BCUT2D eigenvalue weighted by Gasteiger charge is 2.30. The first kappa shape index (κ1) is 14.1. The van der Waals surface area contributed by atoms with Crippen molar-refractivity contribution in [3.63, 3.8) is 0 Å². The first-order valence-corrected chi connectivity index (χ1v) is 9.75. The fourth-order valence-electron chi connectivity index (χ4n) is 1.86. The summed E-state index contributed by atoms with van der Waals surface area (Å²) in [5.41, 5.74) is 0. The molecule has 0 bridgehead atoms. The van der Waals surface area contributed by atoms with Crippen molar-refractivity contribution in [1.82, 2.24) is 14.8 Å². The van der Waals surface area contributed by atoms with E-state index in [1.54, 1.807) is 11.3 Å². The van der Waals surface area contributed by atoms with E-state index in [0.717, 1.165) is 28.7 Å². The number of hydrogen-bond acceptors (Lipinski definition) is 6. The minimum Gasteiger partial charge on any atom is -0.298 e. The largest absolute Gasteiger partial charge is 0.298 e. The Morgan fingerprint density at radius 1 is 1.45 bits per heavy atom. The van der Waals surface area contributed by atoms with Crippen LogP contribution in [0.3, 0.4) is 0 Å². The average Bonchev–Trinajstić information content (AvgIpc) is 2.90. The molecule has 2 aromatic rings. The van der Waals surface area contributed by atoms with Gasteiger partial charge in [0.05, 0.1) is 10.6 Å². The minimum absolute atomic E-state index is 0.0521. The van der Waals surface area contributed by atoms with Gasteiger partial charge in [-0.15, -0.1) is 21.5 Å². The quantitative estimate of drug-likeness (QED) is 0.814. The van der Waals surface area contributed by atoms with E-state index in [9.17, 15) is 8.42 Å². The van der Waals surface area contributed by atoms with Gasteiger partial charge in [-0.3, -0.25) is 4.57 Å². The van der Waals surface area contributed by atoms with Crippen LogP contribution in [0.25, 0.3) is 10.7 Å². The summed E-state index contributed by atoms with van der Waals surface area (Å²) in [6, 6.07) is 4.45. The van der Waals surface area contributed by atoms with Crippen molar-refractivity contribution in [2.75, 3.05) is 11.5 Å². The van der Waals surface area contributed by atoms with Gasteiger partial charge in [0.15, 0.2) is 11.0 Å². The molecule has 3 rings (SSSR count). The maximum atomic E-state index is 11.0. The lowest BCUT2D eigenvalue weighted by atomic mass is 10.4. The van der Waals surface area contributed by atoms with E-state index in [0.29, 0.717) is 11.8 Å². The maximum absolute atomic E-state index is 11.0. The number of nitrogens with two attached hydrogens (primary N) is 1. The van der Waals surface area contributed by atoms with Crippen LogP contribution in [0.15, 0.2) is 22.7 Å². The second-order valence-corrected chi connectivity index (χ2v) is 8.34. The van der Waals surface area contributed by atoms with Gasteiger partial charge in [-0.25, -0.2) is 13.6 Å². The highest BCUT2D eigenvalue weighted by atomic mass is 32.2. The Labute approximate surface area is 125 Å². The van der Waals surface area contributed by atoms with Crippen molar-refractivity contribution in [3.8, 4) is 10.7 Å². The van der Waals surface area contributed by atoms with Crippen LogP contribution in [0.5, 0.6) is 0 Å². The normalized spacial score (nSPS) is 15.7.